The Bertz CT molecular complexity index is 2050. The van der Waals surface area contributed by atoms with Crippen LogP contribution >= 0.6 is 0 Å². The molecule has 66 heavy (non-hydrogen) atoms. The molecule has 4 fully saturated rings. The van der Waals surface area contributed by atoms with E-state index in [2.05, 4.69) is 0 Å². The summed E-state index contributed by atoms with van der Waals surface area (Å²) in [6.07, 6.45) is -14.9. The fraction of sp³-hybridized carbons (Fsp3) is 0.591. The zero-order valence-electron chi connectivity index (χ0n) is 37.0. The van der Waals surface area contributed by atoms with Crippen LogP contribution in [-0.2, 0) is 23.7 Å². The lowest BCUT2D eigenvalue weighted by molar-refractivity contribution is -0.319. The van der Waals surface area contributed by atoms with Gasteiger partial charge in [0.2, 0.25) is 23.5 Å². The zero-order valence-corrected chi connectivity index (χ0v) is 37.0. The summed E-state index contributed by atoms with van der Waals surface area (Å²) in [5, 5.41) is 94.7. The lowest BCUT2D eigenvalue weighted by Gasteiger charge is -2.42. The van der Waals surface area contributed by atoms with E-state index < -0.39 is 99.5 Å². The number of rotatable bonds is 19. The van der Waals surface area contributed by atoms with E-state index in [1.54, 1.807) is 24.3 Å². The van der Waals surface area contributed by atoms with Crippen LogP contribution in [0.1, 0.15) is 35.0 Å². The standard InChI is InChI=1S/C44H58O22/c1-54-24-7-19(8-25(55-2)33(24)49)32(48)30(13-45)63-38-26(56-3)9-20(10-27(38)57-4)36-22-15-61-37(23(22)16-60-36)21-11-28(58-5)39(29(12-21)59-6)65-42-40(35(51)34(50)31(14-46)64-42)66-43-41(52)44(53,17-47)18-62-43/h7-12,22-23,30-32,34-37,40-43,45-53H,13-18H2,1-6H3/t22-,23-,30?,31-,32?,34-,35+,36+,37+,40-,41+,42+,43+,44-/m1/s1. The second-order valence-corrected chi connectivity index (χ2v) is 16.2. The maximum Gasteiger partial charge on any atom is 0.230 e. The quantitative estimate of drug-likeness (QED) is 0.0741. The predicted octanol–water partition coefficient (Wildman–Crippen LogP) is -0.364. The molecule has 4 aliphatic heterocycles. The van der Waals surface area contributed by atoms with Gasteiger partial charge in [-0.15, -0.1) is 0 Å². The highest BCUT2D eigenvalue weighted by Crippen LogP contribution is 2.54. The van der Waals surface area contributed by atoms with Gasteiger partial charge in [0.05, 0.1) is 94.5 Å². The van der Waals surface area contributed by atoms with Crippen molar-refractivity contribution in [2.24, 2.45) is 11.8 Å². The van der Waals surface area contributed by atoms with Gasteiger partial charge in [-0.3, -0.25) is 0 Å². The Morgan fingerprint density at radius 1 is 0.667 bits per heavy atom. The lowest BCUT2D eigenvalue weighted by Crippen LogP contribution is -2.62. The van der Waals surface area contributed by atoms with Crippen LogP contribution in [0.2, 0.25) is 0 Å². The first-order chi connectivity index (χ1) is 31.7. The number of aromatic hydroxyl groups is 1. The van der Waals surface area contributed by atoms with E-state index in [4.69, 9.17) is 61.6 Å². The maximum absolute atomic E-state index is 11.4. The van der Waals surface area contributed by atoms with Crippen LogP contribution in [0.4, 0.5) is 0 Å². The fourth-order valence-electron chi connectivity index (χ4n) is 8.72. The largest absolute Gasteiger partial charge is 0.502 e. The number of hydrogen-bond acceptors (Lipinski definition) is 22. The molecule has 0 aromatic heterocycles. The first kappa shape index (κ1) is 49.3. The molecule has 14 atom stereocenters. The minimum Gasteiger partial charge on any atom is -0.502 e. The second-order valence-electron chi connectivity index (χ2n) is 16.2. The molecule has 0 aliphatic carbocycles. The molecule has 7 rings (SSSR count). The van der Waals surface area contributed by atoms with Gasteiger partial charge in [0, 0.05) is 11.8 Å². The summed E-state index contributed by atoms with van der Waals surface area (Å²) in [6, 6.07) is 9.59. The van der Waals surface area contributed by atoms with Crippen LogP contribution in [0.25, 0.3) is 0 Å². The molecule has 3 aromatic carbocycles. The number of fused-ring (bicyclic) bond motifs is 1. The van der Waals surface area contributed by atoms with Crippen molar-refractivity contribution in [3.05, 3.63) is 53.1 Å². The number of phenols is 1. The molecule has 0 amide bonds. The predicted molar refractivity (Wildman–Crippen MR) is 222 cm³/mol. The Morgan fingerprint density at radius 3 is 1.61 bits per heavy atom. The van der Waals surface area contributed by atoms with Crippen LogP contribution in [0.3, 0.4) is 0 Å². The minimum absolute atomic E-state index is 0.0163. The van der Waals surface area contributed by atoms with E-state index >= 15 is 0 Å². The Kier molecular flexibility index (Phi) is 15.4. The molecular weight excluding hydrogens is 880 g/mol. The van der Waals surface area contributed by atoms with Gasteiger partial charge in [0.1, 0.15) is 36.1 Å². The van der Waals surface area contributed by atoms with Crippen LogP contribution in [-0.4, -0.2) is 183 Å². The number of ether oxygens (including phenoxy) is 13. The number of benzene rings is 3. The first-order valence-corrected chi connectivity index (χ1v) is 21.0. The smallest absolute Gasteiger partial charge is 0.230 e. The van der Waals surface area contributed by atoms with Crippen molar-refractivity contribution in [1.82, 2.24) is 0 Å². The highest BCUT2D eigenvalue weighted by atomic mass is 16.8. The normalized spacial score (nSPS) is 31.5. The highest BCUT2D eigenvalue weighted by molar-refractivity contribution is 5.57. The Morgan fingerprint density at radius 2 is 1.17 bits per heavy atom. The summed E-state index contributed by atoms with van der Waals surface area (Å²) >= 11 is 0. The molecule has 2 unspecified atom stereocenters. The summed E-state index contributed by atoms with van der Waals surface area (Å²) < 4.78 is 75.7. The van der Waals surface area contributed by atoms with Gasteiger partial charge in [-0.05, 0) is 53.1 Å². The summed E-state index contributed by atoms with van der Waals surface area (Å²) in [6.45, 7) is -2.13. The SMILES string of the molecule is COc1cc(C(O)C(CO)Oc2c(OC)cc([C@@H]3OC[C@@H]4[C@H]3CO[C@H]4c3cc(OC)c(O[C@@H]4O[C@H](CO)[C@@H](O)[C@H](O)[C@H]4O[C@@H]4OC[C@](O)(CO)[C@H]4O)c(OC)c3)cc2OC)cc(OC)c1O. The molecule has 4 heterocycles. The van der Waals surface area contributed by atoms with E-state index in [1.807, 2.05) is 0 Å². The van der Waals surface area contributed by atoms with Crippen LogP contribution in [0.5, 0.6) is 51.7 Å². The summed E-state index contributed by atoms with van der Waals surface area (Å²) in [4.78, 5) is 0. The highest BCUT2D eigenvalue weighted by Gasteiger charge is 2.54. The van der Waals surface area contributed by atoms with Crippen molar-refractivity contribution in [3.63, 3.8) is 0 Å². The molecule has 9 N–H and O–H groups in total. The Hall–Kier alpha value is -4.66. The molecule has 0 spiro atoms. The van der Waals surface area contributed by atoms with Gasteiger partial charge >= 0.3 is 0 Å². The van der Waals surface area contributed by atoms with Crippen molar-refractivity contribution >= 4 is 0 Å². The average molecular weight is 939 g/mol. The molecule has 4 saturated heterocycles. The van der Waals surface area contributed by atoms with Gasteiger partial charge in [0.15, 0.2) is 53.0 Å². The maximum atomic E-state index is 11.4. The van der Waals surface area contributed by atoms with Crippen LogP contribution in [0, 0.1) is 11.8 Å². The molecule has 4 aliphatic rings. The number of hydrogen-bond donors (Lipinski definition) is 9. The van der Waals surface area contributed by atoms with E-state index in [0.717, 1.165) is 0 Å². The van der Waals surface area contributed by atoms with Gasteiger partial charge in [-0.2, -0.15) is 0 Å². The van der Waals surface area contributed by atoms with E-state index in [1.165, 1.54) is 54.8 Å². The summed E-state index contributed by atoms with van der Waals surface area (Å²) in [5.74, 6) is 0.283. The Labute approximate surface area is 379 Å². The van der Waals surface area contributed by atoms with Crippen molar-refractivity contribution in [2.45, 2.75) is 73.1 Å². The number of aliphatic hydroxyl groups is 8. The molecule has 22 nitrogen and oxygen atoms in total. The van der Waals surface area contributed by atoms with Crippen molar-refractivity contribution < 1.29 is 108 Å². The fourth-order valence-corrected chi connectivity index (χ4v) is 8.72. The molecule has 0 radical (unpaired) electrons. The molecular formula is C44H58O22. The van der Waals surface area contributed by atoms with Gasteiger partial charge < -0.3 is 108 Å². The third-order valence-electron chi connectivity index (χ3n) is 12.5. The van der Waals surface area contributed by atoms with E-state index in [9.17, 15) is 46.0 Å². The molecule has 22 heteroatoms. The van der Waals surface area contributed by atoms with Gasteiger partial charge in [-0.1, -0.05) is 0 Å². The molecule has 3 aromatic rings. The van der Waals surface area contributed by atoms with Gasteiger partial charge in [0.25, 0.3) is 0 Å². The number of phenolic OH excluding ortho intramolecular Hbond substituents is 1. The van der Waals surface area contributed by atoms with Crippen LogP contribution < -0.4 is 37.9 Å². The third kappa shape index (κ3) is 9.18. The van der Waals surface area contributed by atoms with Gasteiger partial charge in [-0.25, -0.2) is 0 Å². The number of aliphatic hydroxyl groups excluding tert-OH is 7. The summed E-state index contributed by atoms with van der Waals surface area (Å²) in [7, 11) is 8.34. The zero-order chi connectivity index (χ0) is 47.6. The topological polar surface area (TPSA) is 302 Å². The molecule has 366 valence electrons. The third-order valence-corrected chi connectivity index (χ3v) is 12.5. The average Bonchev–Trinajstić information content (AvgIpc) is 4.04. The molecule has 0 bridgehead atoms. The second kappa shape index (κ2) is 20.7. The van der Waals surface area contributed by atoms with Crippen LogP contribution in [0.15, 0.2) is 36.4 Å². The van der Waals surface area contributed by atoms with Crippen molar-refractivity contribution in [2.75, 3.05) is 82.3 Å². The monoisotopic (exact) mass is 938 g/mol. The van der Waals surface area contributed by atoms with Crippen molar-refractivity contribution in [3.8, 4) is 51.7 Å². The Balaban J connectivity index is 1.11. The van der Waals surface area contributed by atoms with Crippen molar-refractivity contribution in [1.29, 1.82) is 0 Å². The minimum atomic E-state index is -2.06. The van der Waals surface area contributed by atoms with E-state index in [-0.39, 0.29) is 82.4 Å². The number of methoxy groups -OCH3 is 6. The summed E-state index contributed by atoms with van der Waals surface area (Å²) in [5.41, 5.74) is -0.509. The lowest BCUT2D eigenvalue weighted by atomic mass is 9.84. The first-order valence-electron chi connectivity index (χ1n) is 21.0. The van der Waals surface area contributed by atoms with E-state index in [0.29, 0.717) is 11.1 Å². The molecule has 0 saturated carbocycles.